The smallest absolute Gasteiger partial charge is 0.0101 e. The van der Waals surface area contributed by atoms with Gasteiger partial charge in [-0.1, -0.05) is 135 Å². The summed E-state index contributed by atoms with van der Waals surface area (Å²) in [5, 5.41) is 0. The van der Waals surface area contributed by atoms with Gasteiger partial charge in [0.05, 0.1) is 0 Å². The lowest BCUT2D eigenvalue weighted by molar-refractivity contribution is 0.0392. The highest BCUT2D eigenvalue weighted by atomic mass is 15.2. The Labute approximate surface area is 202 Å². The van der Waals surface area contributed by atoms with Crippen LogP contribution < -0.4 is 6.15 Å². The number of hydrogen-bond donors (Lipinski definition) is 1. The van der Waals surface area contributed by atoms with Crippen LogP contribution in [0.3, 0.4) is 0 Å². The fourth-order valence-corrected chi connectivity index (χ4v) is 7.15. The van der Waals surface area contributed by atoms with Crippen molar-refractivity contribution in [3.8, 4) is 0 Å². The molecule has 2 heteroatoms. The zero-order valence-electron chi connectivity index (χ0n) is 22.0. The predicted molar refractivity (Wildman–Crippen MR) is 143 cm³/mol. The Hall–Kier alpha value is -0.0800. The second kappa shape index (κ2) is 18.3. The van der Waals surface area contributed by atoms with Crippen LogP contribution in [0.15, 0.2) is 0 Å². The summed E-state index contributed by atoms with van der Waals surface area (Å²) in [5.41, 5.74) is 0. The maximum atomic E-state index is 3.25. The summed E-state index contributed by atoms with van der Waals surface area (Å²) in [5.74, 6) is 0. The molecule has 3 fully saturated rings. The molecule has 0 atom stereocenters. The van der Waals surface area contributed by atoms with Crippen molar-refractivity contribution in [2.45, 2.75) is 191 Å². The molecule has 2 nitrogen and oxygen atoms in total. The van der Waals surface area contributed by atoms with E-state index >= 15 is 0 Å². The normalized spacial score (nSPS) is 26.2. The van der Waals surface area contributed by atoms with Gasteiger partial charge in [0.25, 0.3) is 0 Å². The molecule has 0 unspecified atom stereocenters. The predicted octanol–water partition coefficient (Wildman–Crippen LogP) is 10.1. The Morgan fingerprint density at radius 3 is 0.594 bits per heavy atom. The summed E-state index contributed by atoms with van der Waals surface area (Å²) in [6.07, 6.45) is 40.5. The molecule has 0 bridgehead atoms. The van der Waals surface area contributed by atoms with E-state index in [9.17, 15) is 0 Å². The monoisotopic (exact) mass is 448 g/mol. The molecule has 3 saturated carbocycles. The number of hydrogen-bond acceptors (Lipinski definition) is 2. The van der Waals surface area contributed by atoms with Gasteiger partial charge >= 0.3 is 0 Å². The maximum absolute atomic E-state index is 3.25. The van der Waals surface area contributed by atoms with Crippen LogP contribution in [0.2, 0.25) is 0 Å². The molecule has 0 saturated heterocycles. The van der Waals surface area contributed by atoms with Crippen LogP contribution in [0.5, 0.6) is 0 Å². The van der Waals surface area contributed by atoms with Crippen LogP contribution in [-0.2, 0) is 0 Å². The van der Waals surface area contributed by atoms with Gasteiger partial charge in [-0.2, -0.15) is 0 Å². The van der Waals surface area contributed by atoms with Gasteiger partial charge in [-0.15, -0.1) is 0 Å². The molecule has 0 amide bonds. The molecule has 3 aliphatic carbocycles. The van der Waals surface area contributed by atoms with E-state index in [1.54, 1.807) is 0 Å². The Balaban J connectivity index is 0.00000363. The van der Waals surface area contributed by atoms with Crippen LogP contribution in [0.25, 0.3) is 0 Å². The largest absolute Gasteiger partial charge is 0.344 e. The lowest BCUT2D eigenvalue weighted by Crippen LogP contribution is -2.50. The molecule has 0 aromatic heterocycles. The van der Waals surface area contributed by atoms with Crippen molar-refractivity contribution in [1.29, 1.82) is 0 Å². The molecule has 3 rings (SSSR count). The van der Waals surface area contributed by atoms with E-state index in [-0.39, 0.29) is 6.15 Å². The van der Waals surface area contributed by atoms with Crippen LogP contribution >= 0.6 is 0 Å². The molecule has 32 heavy (non-hydrogen) atoms. The molecule has 3 aliphatic rings. The average Bonchev–Trinajstić information content (AvgIpc) is 2.81. The molecule has 190 valence electrons. The van der Waals surface area contributed by atoms with Gasteiger partial charge in [-0.3, -0.25) is 4.90 Å². The van der Waals surface area contributed by atoms with Crippen molar-refractivity contribution >= 4 is 0 Å². The van der Waals surface area contributed by atoms with Gasteiger partial charge in [0.2, 0.25) is 0 Å². The average molecular weight is 449 g/mol. The minimum Gasteiger partial charge on any atom is -0.344 e. The standard InChI is InChI=1S/C30H57N.H3N/c1-4-10-16-22-28(23-17-11-5-1)31(29-24-18-12-6-2-7-13-19-25-29)30-26-20-14-8-3-9-15-21-27-30;/h28-30H,1-27H2;1H3. The quantitative estimate of drug-likeness (QED) is 0.466. The highest BCUT2D eigenvalue weighted by molar-refractivity contribution is 4.87. The van der Waals surface area contributed by atoms with Gasteiger partial charge in [0.15, 0.2) is 0 Å². The number of nitrogens with zero attached hydrogens (tertiary/aromatic N) is 1. The number of rotatable bonds is 3. The van der Waals surface area contributed by atoms with Crippen molar-refractivity contribution in [2.24, 2.45) is 0 Å². The fourth-order valence-electron chi connectivity index (χ4n) is 7.15. The van der Waals surface area contributed by atoms with Gasteiger partial charge in [0.1, 0.15) is 0 Å². The van der Waals surface area contributed by atoms with Crippen LogP contribution in [0.1, 0.15) is 173 Å². The highest BCUT2D eigenvalue weighted by Crippen LogP contribution is 2.33. The van der Waals surface area contributed by atoms with Crippen molar-refractivity contribution in [3.63, 3.8) is 0 Å². The molecule has 0 aliphatic heterocycles. The first-order valence-corrected chi connectivity index (χ1v) is 15.2. The SMILES string of the molecule is C1CCCCC(N(C2CCCCCCCCC2)C2CCCCCCCCC2)CCCC1.N. The first-order chi connectivity index (χ1) is 15.4. The first kappa shape index (κ1) is 28.2. The van der Waals surface area contributed by atoms with E-state index in [1.807, 2.05) is 0 Å². The first-order valence-electron chi connectivity index (χ1n) is 15.2. The summed E-state index contributed by atoms with van der Waals surface area (Å²) in [4.78, 5) is 3.25. The highest BCUT2D eigenvalue weighted by Gasteiger charge is 2.31. The maximum Gasteiger partial charge on any atom is 0.0101 e. The summed E-state index contributed by atoms with van der Waals surface area (Å²) < 4.78 is 0. The second-order valence-electron chi connectivity index (χ2n) is 11.6. The van der Waals surface area contributed by atoms with Gasteiger partial charge < -0.3 is 6.15 Å². The lowest BCUT2D eigenvalue weighted by atomic mass is 9.87. The molecule has 0 heterocycles. The van der Waals surface area contributed by atoms with E-state index in [2.05, 4.69) is 4.90 Å². The minimum atomic E-state index is 0. The van der Waals surface area contributed by atoms with Gasteiger partial charge in [-0.25, -0.2) is 0 Å². The zero-order chi connectivity index (χ0) is 21.4. The third-order valence-corrected chi connectivity index (χ3v) is 8.99. The molecular formula is C30H60N2. The Morgan fingerprint density at radius 1 is 0.250 bits per heavy atom. The topological polar surface area (TPSA) is 38.2 Å². The molecule has 3 N–H and O–H groups in total. The second-order valence-corrected chi connectivity index (χ2v) is 11.6. The van der Waals surface area contributed by atoms with Gasteiger partial charge in [0, 0.05) is 18.1 Å². The van der Waals surface area contributed by atoms with Crippen molar-refractivity contribution < 1.29 is 0 Å². The summed E-state index contributed by atoms with van der Waals surface area (Å²) >= 11 is 0. The van der Waals surface area contributed by atoms with E-state index in [0.29, 0.717) is 0 Å². The van der Waals surface area contributed by atoms with Crippen LogP contribution in [0, 0.1) is 0 Å². The molecule has 0 spiro atoms. The Morgan fingerprint density at radius 2 is 0.406 bits per heavy atom. The lowest BCUT2D eigenvalue weighted by Gasteiger charge is -2.45. The third kappa shape index (κ3) is 10.9. The van der Waals surface area contributed by atoms with Crippen LogP contribution in [0.4, 0.5) is 0 Å². The molecule has 0 radical (unpaired) electrons. The van der Waals surface area contributed by atoms with E-state index in [4.69, 9.17) is 0 Å². The van der Waals surface area contributed by atoms with Crippen LogP contribution in [-0.4, -0.2) is 23.0 Å². The Bertz CT molecular complexity index is 331. The molecular weight excluding hydrogens is 388 g/mol. The third-order valence-electron chi connectivity index (χ3n) is 8.99. The van der Waals surface area contributed by atoms with E-state index in [1.165, 1.54) is 173 Å². The van der Waals surface area contributed by atoms with E-state index < -0.39 is 0 Å². The molecule has 0 aromatic rings. The summed E-state index contributed by atoms with van der Waals surface area (Å²) in [6.45, 7) is 0. The van der Waals surface area contributed by atoms with Crippen molar-refractivity contribution in [3.05, 3.63) is 0 Å². The molecule has 0 aromatic carbocycles. The van der Waals surface area contributed by atoms with Crippen molar-refractivity contribution in [2.75, 3.05) is 0 Å². The summed E-state index contributed by atoms with van der Waals surface area (Å²) in [6, 6.07) is 2.71. The van der Waals surface area contributed by atoms with Gasteiger partial charge in [-0.05, 0) is 38.5 Å². The fraction of sp³-hybridized carbons (Fsp3) is 1.00. The van der Waals surface area contributed by atoms with E-state index in [0.717, 1.165) is 18.1 Å². The summed E-state index contributed by atoms with van der Waals surface area (Å²) in [7, 11) is 0. The zero-order valence-corrected chi connectivity index (χ0v) is 22.0. The Kier molecular flexibility index (Phi) is 16.1. The minimum absolute atomic E-state index is 0. The van der Waals surface area contributed by atoms with Crippen molar-refractivity contribution in [1.82, 2.24) is 11.1 Å².